The van der Waals surface area contributed by atoms with E-state index in [-0.39, 0.29) is 5.75 Å². The predicted octanol–water partition coefficient (Wildman–Crippen LogP) is 5.17. The molecule has 0 aliphatic rings. The van der Waals surface area contributed by atoms with Crippen LogP contribution in [-0.4, -0.2) is 18.2 Å². The fourth-order valence-corrected chi connectivity index (χ4v) is 4.68. The summed E-state index contributed by atoms with van der Waals surface area (Å²) in [5, 5.41) is 6.65. The van der Waals surface area contributed by atoms with Gasteiger partial charge in [-0.1, -0.05) is 74.5 Å². The molecular weight excluding hydrogens is 394 g/mol. The van der Waals surface area contributed by atoms with E-state index in [1.807, 2.05) is 83.5 Å². The van der Waals surface area contributed by atoms with E-state index in [1.165, 1.54) is 0 Å². The SMILES string of the molecule is CC(C)Cc1cc(NS(=O)(=O)Cc2ccc3ccccc3c2)nn1-c1ccccc1. The lowest BCUT2D eigenvalue weighted by molar-refractivity contribution is 0.600. The zero-order valence-electron chi connectivity index (χ0n) is 17.1. The highest BCUT2D eigenvalue weighted by molar-refractivity contribution is 7.91. The summed E-state index contributed by atoms with van der Waals surface area (Å²) in [7, 11) is -3.60. The standard InChI is InChI=1S/C24H25N3O2S/c1-18(2)14-23-16-24(25-27(23)22-10-4-3-5-11-22)26-30(28,29)17-19-12-13-20-8-6-7-9-21(20)15-19/h3-13,15-16,18H,14,17H2,1-2H3,(H,25,26). The van der Waals surface area contributed by atoms with Crippen molar-refractivity contribution in [1.82, 2.24) is 9.78 Å². The Kier molecular flexibility index (Phi) is 5.59. The third-order valence-electron chi connectivity index (χ3n) is 4.83. The number of nitrogens with one attached hydrogen (secondary N) is 1. The number of nitrogens with zero attached hydrogens (tertiary/aromatic N) is 2. The summed E-state index contributed by atoms with van der Waals surface area (Å²) in [6.07, 6.45) is 0.800. The Hall–Kier alpha value is -3.12. The minimum absolute atomic E-state index is 0.102. The maximum atomic E-state index is 12.8. The summed E-state index contributed by atoms with van der Waals surface area (Å²) in [6.45, 7) is 4.26. The van der Waals surface area contributed by atoms with Crippen LogP contribution in [0, 0.1) is 5.92 Å². The van der Waals surface area contributed by atoms with Gasteiger partial charge in [0.05, 0.1) is 11.4 Å². The first-order valence-electron chi connectivity index (χ1n) is 10.0. The summed E-state index contributed by atoms with van der Waals surface area (Å²) in [5.74, 6) is 0.664. The third kappa shape index (κ3) is 4.71. The molecule has 0 aliphatic carbocycles. The molecule has 0 bridgehead atoms. The molecule has 0 unspecified atom stereocenters. The fraction of sp³-hybridized carbons (Fsp3) is 0.208. The van der Waals surface area contributed by atoms with Gasteiger partial charge in [-0.05, 0) is 40.8 Å². The highest BCUT2D eigenvalue weighted by Gasteiger charge is 2.17. The van der Waals surface area contributed by atoms with E-state index in [9.17, 15) is 8.42 Å². The van der Waals surface area contributed by atoms with Gasteiger partial charge in [-0.25, -0.2) is 13.1 Å². The molecule has 1 aromatic heterocycles. The van der Waals surface area contributed by atoms with E-state index in [0.29, 0.717) is 11.7 Å². The van der Waals surface area contributed by atoms with Crippen molar-refractivity contribution in [1.29, 1.82) is 0 Å². The Morgan fingerprint density at radius 1 is 0.900 bits per heavy atom. The lowest BCUT2D eigenvalue weighted by atomic mass is 10.1. The summed E-state index contributed by atoms with van der Waals surface area (Å²) in [5.41, 5.74) is 2.62. The molecule has 3 aromatic carbocycles. The van der Waals surface area contributed by atoms with Crippen molar-refractivity contribution >= 4 is 26.6 Å². The number of anilines is 1. The van der Waals surface area contributed by atoms with Crippen LogP contribution in [-0.2, 0) is 22.2 Å². The lowest BCUT2D eigenvalue weighted by Gasteiger charge is -2.08. The second-order valence-corrected chi connectivity index (χ2v) is 9.63. The number of hydrogen-bond donors (Lipinski definition) is 1. The van der Waals surface area contributed by atoms with Crippen molar-refractivity contribution in [3.8, 4) is 5.69 Å². The molecule has 0 aliphatic heterocycles. The number of fused-ring (bicyclic) bond motifs is 1. The Labute approximate surface area is 177 Å². The van der Waals surface area contributed by atoms with Gasteiger partial charge >= 0.3 is 0 Å². The summed E-state index contributed by atoms with van der Waals surface area (Å²) >= 11 is 0. The van der Waals surface area contributed by atoms with Gasteiger partial charge in [0.15, 0.2) is 5.82 Å². The summed E-state index contributed by atoms with van der Waals surface area (Å²) in [6, 6.07) is 25.2. The maximum Gasteiger partial charge on any atom is 0.238 e. The molecule has 0 spiro atoms. The van der Waals surface area contributed by atoms with Crippen molar-refractivity contribution in [3.05, 3.63) is 90.1 Å². The van der Waals surface area contributed by atoms with E-state index < -0.39 is 10.0 Å². The summed E-state index contributed by atoms with van der Waals surface area (Å²) in [4.78, 5) is 0. The first-order valence-corrected chi connectivity index (χ1v) is 11.7. The first-order chi connectivity index (χ1) is 14.4. The molecule has 6 heteroatoms. The monoisotopic (exact) mass is 419 g/mol. The number of para-hydroxylation sites is 1. The average molecular weight is 420 g/mol. The van der Waals surface area contributed by atoms with E-state index in [0.717, 1.165) is 34.1 Å². The highest BCUT2D eigenvalue weighted by atomic mass is 32.2. The number of benzene rings is 3. The molecule has 4 rings (SSSR count). The van der Waals surface area contributed by atoms with Gasteiger partial charge in [0.2, 0.25) is 10.0 Å². The van der Waals surface area contributed by atoms with Crippen molar-refractivity contribution < 1.29 is 8.42 Å². The maximum absolute atomic E-state index is 12.8. The number of aromatic nitrogens is 2. The Bertz CT molecular complexity index is 1260. The van der Waals surface area contributed by atoms with Crippen LogP contribution < -0.4 is 4.72 Å². The number of rotatable bonds is 7. The molecular formula is C24H25N3O2S. The van der Waals surface area contributed by atoms with Gasteiger partial charge in [0.25, 0.3) is 0 Å². The second kappa shape index (κ2) is 8.32. The number of sulfonamides is 1. The molecule has 0 amide bonds. The van der Waals surface area contributed by atoms with Gasteiger partial charge in [-0.15, -0.1) is 5.10 Å². The van der Waals surface area contributed by atoms with Gasteiger partial charge < -0.3 is 0 Å². The van der Waals surface area contributed by atoms with Crippen LogP contribution in [0.4, 0.5) is 5.82 Å². The molecule has 154 valence electrons. The minimum Gasteiger partial charge on any atom is -0.266 e. The lowest BCUT2D eigenvalue weighted by Crippen LogP contribution is -2.15. The van der Waals surface area contributed by atoms with Crippen molar-refractivity contribution in [3.63, 3.8) is 0 Å². The van der Waals surface area contributed by atoms with Gasteiger partial charge in [0.1, 0.15) is 0 Å². The number of hydrogen-bond acceptors (Lipinski definition) is 3. The summed E-state index contributed by atoms with van der Waals surface area (Å²) < 4.78 is 30.1. The average Bonchev–Trinajstić information content (AvgIpc) is 3.08. The Balaban J connectivity index is 1.59. The molecule has 0 radical (unpaired) electrons. The van der Waals surface area contributed by atoms with Crippen LogP contribution in [0.3, 0.4) is 0 Å². The predicted molar refractivity (Wildman–Crippen MR) is 122 cm³/mol. The fourth-order valence-electron chi connectivity index (χ4n) is 3.57. The largest absolute Gasteiger partial charge is 0.266 e. The van der Waals surface area contributed by atoms with Crippen LogP contribution in [0.1, 0.15) is 25.1 Å². The molecule has 4 aromatic rings. The van der Waals surface area contributed by atoms with Gasteiger partial charge in [0, 0.05) is 11.8 Å². The van der Waals surface area contributed by atoms with E-state index >= 15 is 0 Å². The molecule has 0 saturated carbocycles. The van der Waals surface area contributed by atoms with Crippen LogP contribution >= 0.6 is 0 Å². The van der Waals surface area contributed by atoms with E-state index in [4.69, 9.17) is 0 Å². The molecule has 0 saturated heterocycles. The van der Waals surface area contributed by atoms with Crippen LogP contribution in [0.25, 0.3) is 16.5 Å². The topological polar surface area (TPSA) is 64.0 Å². The minimum atomic E-state index is -3.60. The Morgan fingerprint density at radius 2 is 1.60 bits per heavy atom. The van der Waals surface area contributed by atoms with Crippen molar-refractivity contribution in [2.24, 2.45) is 5.92 Å². The van der Waals surface area contributed by atoms with Crippen LogP contribution in [0.2, 0.25) is 0 Å². The van der Waals surface area contributed by atoms with Gasteiger partial charge in [-0.3, -0.25) is 4.72 Å². The quantitative estimate of drug-likeness (QED) is 0.450. The molecule has 0 atom stereocenters. The molecule has 5 nitrogen and oxygen atoms in total. The van der Waals surface area contributed by atoms with Gasteiger partial charge in [-0.2, -0.15) is 0 Å². The molecule has 1 N–H and O–H groups in total. The smallest absolute Gasteiger partial charge is 0.238 e. The zero-order valence-corrected chi connectivity index (χ0v) is 17.9. The van der Waals surface area contributed by atoms with E-state index in [2.05, 4.69) is 23.7 Å². The molecule has 0 fully saturated rings. The zero-order chi connectivity index (χ0) is 21.1. The molecule has 1 heterocycles. The van der Waals surface area contributed by atoms with Crippen LogP contribution in [0.5, 0.6) is 0 Å². The Morgan fingerprint density at radius 3 is 2.33 bits per heavy atom. The molecule has 30 heavy (non-hydrogen) atoms. The van der Waals surface area contributed by atoms with E-state index in [1.54, 1.807) is 0 Å². The second-order valence-electron chi connectivity index (χ2n) is 7.91. The first kappa shape index (κ1) is 20.2. The third-order valence-corrected chi connectivity index (χ3v) is 6.07. The highest BCUT2D eigenvalue weighted by Crippen LogP contribution is 2.21. The van der Waals surface area contributed by atoms with Crippen molar-refractivity contribution in [2.75, 3.05) is 4.72 Å². The normalized spacial score (nSPS) is 11.8. The van der Waals surface area contributed by atoms with Crippen molar-refractivity contribution in [2.45, 2.75) is 26.0 Å². The van der Waals surface area contributed by atoms with Crippen LogP contribution in [0.15, 0.2) is 78.9 Å².